The van der Waals surface area contributed by atoms with Crippen molar-refractivity contribution in [2.75, 3.05) is 0 Å². The van der Waals surface area contributed by atoms with Gasteiger partial charge in [0, 0.05) is 196 Å². The molecule has 6 aromatic carbocycles. The molecule has 6 radical (unpaired) electrons. The van der Waals surface area contributed by atoms with E-state index in [0.717, 1.165) is 0 Å². The SMILES string of the molecule is Cc1c[c-]cc(C(C)C)c1.Cc1c[c-]cc(C(C)C)c1.Cc1cc[c-]c(C(C)C)c1.Cc1cc[c-]cc1C(C)C.Cc1ccc[c-]c1C(C)C.Cc1ccc[c-]c1C(C)C.[Y].[Y].[Y].[Y].[Y].[Y]. The summed E-state index contributed by atoms with van der Waals surface area (Å²) in [4.78, 5) is 0. The fourth-order valence-corrected chi connectivity index (χ4v) is 6.29. The van der Waals surface area contributed by atoms with E-state index in [1.807, 2.05) is 48.5 Å². The molecule has 0 aliphatic carbocycles. The van der Waals surface area contributed by atoms with Crippen LogP contribution in [0.4, 0.5) is 0 Å². The summed E-state index contributed by atoms with van der Waals surface area (Å²) in [5, 5.41) is 0. The van der Waals surface area contributed by atoms with Crippen LogP contribution in [0.2, 0.25) is 0 Å². The molecular weight excluding hydrogens is 1250 g/mol. The van der Waals surface area contributed by atoms with Crippen LogP contribution in [-0.4, -0.2) is 0 Å². The van der Waals surface area contributed by atoms with Gasteiger partial charge in [-0.2, -0.15) is 212 Å². The fourth-order valence-electron chi connectivity index (χ4n) is 6.29. The Morgan fingerprint density at radius 1 is 0.333 bits per heavy atom. The minimum atomic E-state index is 0. The van der Waals surface area contributed by atoms with Gasteiger partial charge in [0.1, 0.15) is 0 Å². The molecule has 0 nitrogen and oxygen atoms in total. The van der Waals surface area contributed by atoms with Gasteiger partial charge in [-0.15, -0.1) is 0 Å². The summed E-state index contributed by atoms with van der Waals surface area (Å²) < 4.78 is 0. The Hall–Kier alpha value is 1.94. The van der Waals surface area contributed by atoms with Gasteiger partial charge in [-0.25, -0.2) is 0 Å². The monoisotopic (exact) mass is 1330 g/mol. The molecule has 0 atom stereocenters. The minimum absolute atomic E-state index is 0. The van der Waals surface area contributed by atoms with E-state index >= 15 is 0 Å². The number of benzene rings is 6. The van der Waals surface area contributed by atoms with Crippen molar-refractivity contribution in [3.8, 4) is 0 Å². The molecule has 0 N–H and O–H groups in total. The van der Waals surface area contributed by atoms with Gasteiger partial charge in [0.2, 0.25) is 0 Å². The Bertz CT molecular complexity index is 1830. The van der Waals surface area contributed by atoms with E-state index in [9.17, 15) is 0 Å². The van der Waals surface area contributed by atoms with Crippen LogP contribution in [0.5, 0.6) is 0 Å². The molecule has 6 aromatic rings. The van der Waals surface area contributed by atoms with Crippen molar-refractivity contribution in [3.05, 3.63) is 212 Å². The van der Waals surface area contributed by atoms with Gasteiger partial charge < -0.3 is 0 Å². The zero-order valence-corrected chi connectivity index (χ0v) is 61.4. The second-order valence-corrected chi connectivity index (χ2v) is 17.8. The largest absolute Gasteiger partial charge is 0.184 e. The summed E-state index contributed by atoms with van der Waals surface area (Å²) in [6, 6.07) is 56.2. The first-order chi connectivity index (χ1) is 28.2. The minimum Gasteiger partial charge on any atom is -0.184 e. The maximum atomic E-state index is 3.24. The third-order valence-corrected chi connectivity index (χ3v) is 9.96. The predicted molar refractivity (Wildman–Crippen MR) is 265 cm³/mol. The van der Waals surface area contributed by atoms with Crippen molar-refractivity contribution < 1.29 is 196 Å². The quantitative estimate of drug-likeness (QED) is 0.146. The van der Waals surface area contributed by atoms with E-state index in [1.165, 1.54) is 66.8 Å². The smallest absolute Gasteiger partial charge is 0 e. The zero-order valence-electron chi connectivity index (χ0n) is 44.3. The summed E-state index contributed by atoms with van der Waals surface area (Å²) in [5.74, 6) is 3.66. The average Bonchev–Trinajstić information content (AvgIpc) is 3.19. The summed E-state index contributed by atoms with van der Waals surface area (Å²) >= 11 is 0. The molecule has 6 rings (SSSR count). The Morgan fingerprint density at radius 3 is 1.00 bits per heavy atom. The van der Waals surface area contributed by atoms with Crippen LogP contribution in [0.15, 0.2) is 109 Å². The van der Waals surface area contributed by atoms with Gasteiger partial charge in [-0.3, -0.25) is 0 Å². The van der Waals surface area contributed by atoms with E-state index < -0.39 is 0 Å². The molecule has 0 aliphatic rings. The standard InChI is InChI=1S/6C10H13.6Y/c3*1-8(2)10-6-4-5-9(3)7-10;3*1-8(2)10-7-5-4-6-9(10)3;;;;;;/h2*5-8H,1-3H3;4-5,7-8H,1-3H3;4,6-8H,1-3H3;2*4-6,8H,1-3H3;;;;;;/q6*-1;;;;;;. The molecule has 0 saturated heterocycles. The van der Waals surface area contributed by atoms with E-state index in [0.29, 0.717) is 35.5 Å². The molecule has 66 heavy (non-hydrogen) atoms. The summed E-state index contributed by atoms with van der Waals surface area (Å²) in [5.41, 5.74) is 16.1. The zero-order chi connectivity index (χ0) is 45.4. The van der Waals surface area contributed by atoms with Crippen molar-refractivity contribution in [3.63, 3.8) is 0 Å². The van der Waals surface area contributed by atoms with Crippen LogP contribution in [0.25, 0.3) is 0 Å². The normalized spacial score (nSPS) is 9.45. The predicted octanol–water partition coefficient (Wildman–Crippen LogP) is 17.5. The first kappa shape index (κ1) is 79.4. The van der Waals surface area contributed by atoms with E-state index in [-0.39, 0.29) is 196 Å². The fraction of sp³-hybridized carbons (Fsp3) is 0.400. The molecular formula is C60H78Y6-6. The number of rotatable bonds is 6. The van der Waals surface area contributed by atoms with Crippen LogP contribution in [0, 0.1) is 77.9 Å². The summed E-state index contributed by atoms with van der Waals surface area (Å²) in [7, 11) is 0. The van der Waals surface area contributed by atoms with E-state index in [2.05, 4.69) is 222 Å². The Kier molecular flexibility index (Phi) is 54.8. The molecule has 0 amide bonds. The molecule has 0 unspecified atom stereocenters. The first-order valence-corrected chi connectivity index (χ1v) is 22.1. The molecule has 0 bridgehead atoms. The van der Waals surface area contributed by atoms with Crippen molar-refractivity contribution in [2.24, 2.45) is 0 Å². The van der Waals surface area contributed by atoms with Crippen LogP contribution in [-0.2, 0) is 196 Å². The summed E-state index contributed by atoms with van der Waals surface area (Å²) in [6.45, 7) is 39.1. The van der Waals surface area contributed by atoms with E-state index in [1.54, 1.807) is 0 Å². The van der Waals surface area contributed by atoms with Gasteiger partial charge >= 0.3 is 0 Å². The van der Waals surface area contributed by atoms with Gasteiger partial charge in [-0.1, -0.05) is 142 Å². The van der Waals surface area contributed by atoms with Crippen LogP contribution in [0.1, 0.15) is 185 Å². The average molecular weight is 1330 g/mol. The van der Waals surface area contributed by atoms with Crippen molar-refractivity contribution in [1.82, 2.24) is 0 Å². The van der Waals surface area contributed by atoms with Crippen molar-refractivity contribution in [1.29, 1.82) is 0 Å². The second kappa shape index (κ2) is 45.5. The second-order valence-electron chi connectivity index (χ2n) is 17.8. The Balaban J connectivity index is -0.000000161. The van der Waals surface area contributed by atoms with Crippen molar-refractivity contribution in [2.45, 2.75) is 160 Å². The van der Waals surface area contributed by atoms with Crippen molar-refractivity contribution >= 4 is 0 Å². The summed E-state index contributed by atoms with van der Waals surface area (Å²) in [6.07, 6.45) is 0. The van der Waals surface area contributed by atoms with Gasteiger partial charge in [0.05, 0.1) is 0 Å². The maximum absolute atomic E-state index is 3.24. The topological polar surface area (TPSA) is 0 Å². The first-order valence-electron chi connectivity index (χ1n) is 22.1. The number of hydrogen-bond donors (Lipinski definition) is 0. The Labute approximate surface area is 559 Å². The molecule has 342 valence electrons. The third-order valence-electron chi connectivity index (χ3n) is 9.96. The van der Waals surface area contributed by atoms with Crippen LogP contribution >= 0.6 is 0 Å². The van der Waals surface area contributed by atoms with Crippen LogP contribution in [0.3, 0.4) is 0 Å². The molecule has 0 heterocycles. The molecule has 0 aromatic heterocycles. The molecule has 0 spiro atoms. The maximum Gasteiger partial charge on any atom is 0 e. The third kappa shape index (κ3) is 35.2. The molecule has 0 aliphatic heterocycles. The van der Waals surface area contributed by atoms with Crippen LogP contribution < -0.4 is 0 Å². The number of hydrogen-bond acceptors (Lipinski definition) is 0. The number of aryl methyl sites for hydroxylation is 6. The molecule has 6 heteroatoms. The van der Waals surface area contributed by atoms with E-state index in [4.69, 9.17) is 0 Å². The van der Waals surface area contributed by atoms with Gasteiger partial charge in [-0.05, 0) is 17.8 Å². The Morgan fingerprint density at radius 2 is 0.758 bits per heavy atom. The van der Waals surface area contributed by atoms with Gasteiger partial charge in [0.15, 0.2) is 0 Å². The molecule has 0 saturated carbocycles. The molecule has 0 fully saturated rings. The van der Waals surface area contributed by atoms with Gasteiger partial charge in [0.25, 0.3) is 0 Å².